The van der Waals surface area contributed by atoms with Crippen LogP contribution in [-0.2, 0) is 0 Å². The lowest BCUT2D eigenvalue weighted by molar-refractivity contribution is 0.107. The Morgan fingerprint density at radius 2 is 1.91 bits per heavy atom. The Balaban J connectivity index is 1.30. The smallest absolute Gasteiger partial charge is 0.319 e. The number of hydrogen-bond acceptors (Lipinski definition) is 9. The van der Waals surface area contributed by atoms with Crippen molar-refractivity contribution in [3.8, 4) is 35.5 Å². The molecule has 45 heavy (non-hydrogen) atoms. The van der Waals surface area contributed by atoms with Gasteiger partial charge in [0.25, 0.3) is 0 Å². The molecule has 0 radical (unpaired) electrons. The Bertz CT molecular complexity index is 1900. The van der Waals surface area contributed by atoms with Crippen molar-refractivity contribution in [2.45, 2.75) is 55.9 Å². The van der Waals surface area contributed by atoms with Crippen LogP contribution in [0.25, 0.3) is 32.9 Å². The highest BCUT2D eigenvalue weighted by Gasteiger charge is 2.49. The molecule has 9 nitrogen and oxygen atoms in total. The number of aromatic nitrogens is 3. The third kappa shape index (κ3) is 4.51. The molecule has 4 N–H and O–H groups in total. The predicted molar refractivity (Wildman–Crippen MR) is 165 cm³/mol. The largest absolute Gasteiger partial charge is 0.493 e. The molecular weight excluding hydrogens is 583 g/mol. The molecule has 0 saturated carbocycles. The summed E-state index contributed by atoms with van der Waals surface area (Å²) in [7, 11) is 0. The van der Waals surface area contributed by atoms with Crippen LogP contribution in [0, 0.1) is 24.0 Å². The third-order valence-electron chi connectivity index (χ3n) is 9.96. The van der Waals surface area contributed by atoms with E-state index in [-0.39, 0.29) is 63.5 Å². The summed E-state index contributed by atoms with van der Waals surface area (Å²) in [6, 6.07) is 6.17. The van der Waals surface area contributed by atoms with E-state index in [9.17, 15) is 13.9 Å². The average Bonchev–Trinajstić information content (AvgIpc) is 3.67. The number of nitrogens with two attached hydrogens (primary N) is 1. The van der Waals surface area contributed by atoms with Gasteiger partial charge in [-0.15, -0.1) is 6.42 Å². The first-order valence-electron chi connectivity index (χ1n) is 15.3. The van der Waals surface area contributed by atoms with Crippen LogP contribution in [0.2, 0.25) is 0 Å². The molecule has 2 aromatic heterocycles. The van der Waals surface area contributed by atoms with E-state index in [1.54, 1.807) is 6.07 Å². The number of nitrogens with zero attached hydrogens (tertiary/aromatic N) is 5. The fourth-order valence-corrected chi connectivity index (χ4v) is 8.00. The highest BCUT2D eigenvalue weighted by atomic mass is 19.1. The fraction of sp³-hybridized carbons (Fsp3) is 0.424. The molecule has 6 heterocycles. The van der Waals surface area contributed by atoms with Gasteiger partial charge in [0.1, 0.15) is 41.0 Å². The molecule has 4 atom stereocenters. The molecule has 4 aromatic rings. The van der Waals surface area contributed by atoms with E-state index >= 15 is 4.39 Å². The number of terminal acetylenes is 1. The number of nitrogens with one attached hydrogen (secondary N) is 1. The van der Waals surface area contributed by atoms with Crippen LogP contribution < -0.4 is 20.7 Å². The summed E-state index contributed by atoms with van der Waals surface area (Å²) >= 11 is 0. The number of anilines is 2. The average molecular weight is 616 g/mol. The van der Waals surface area contributed by atoms with Gasteiger partial charge in [0.15, 0.2) is 5.82 Å². The van der Waals surface area contributed by atoms with Crippen molar-refractivity contribution in [3.63, 3.8) is 0 Å². The van der Waals surface area contributed by atoms with Crippen LogP contribution in [0.5, 0.6) is 11.9 Å². The van der Waals surface area contributed by atoms with Gasteiger partial charge in [-0.05, 0) is 55.8 Å². The maximum Gasteiger partial charge on any atom is 0.319 e. The quantitative estimate of drug-likeness (QED) is 0.224. The fourth-order valence-electron chi connectivity index (χ4n) is 8.00. The summed E-state index contributed by atoms with van der Waals surface area (Å²) < 4.78 is 52.3. The summed E-state index contributed by atoms with van der Waals surface area (Å²) in [6.45, 7) is 2.50. The lowest BCUT2D eigenvalue weighted by Crippen LogP contribution is -2.51. The maximum absolute atomic E-state index is 16.8. The highest BCUT2D eigenvalue weighted by molar-refractivity contribution is 6.04. The monoisotopic (exact) mass is 615 g/mol. The van der Waals surface area contributed by atoms with Crippen LogP contribution in [0.15, 0.2) is 24.3 Å². The molecule has 0 amide bonds. The standard InChI is InChI=1S/C33H32F3N7O2/c1-2-22-24(35)7-4-17-10-19(37)11-23(25(17)22)28-27(36)29-26(31(44)39-28)30(42-14-20-5-6-21(15-42)38-20)41-32(40-29)45-16-33-8-3-9-43(33)13-18(34)12-33/h1,4,7,10-11,18,20-21,38H,3,5-6,8-9,12-16,37H2,(H,39,44)/t18-,20?,21?,33+/m1/s1. The molecule has 2 aromatic carbocycles. The van der Waals surface area contributed by atoms with Gasteiger partial charge in [-0.2, -0.15) is 9.97 Å². The third-order valence-corrected chi connectivity index (χ3v) is 9.96. The minimum absolute atomic E-state index is 0.0480. The van der Waals surface area contributed by atoms with Crippen LogP contribution in [0.3, 0.4) is 0 Å². The van der Waals surface area contributed by atoms with E-state index in [1.165, 1.54) is 18.2 Å². The van der Waals surface area contributed by atoms with E-state index in [0.29, 0.717) is 37.3 Å². The van der Waals surface area contributed by atoms with Crippen molar-refractivity contribution < 1.29 is 23.0 Å². The summed E-state index contributed by atoms with van der Waals surface area (Å²) in [5.74, 6) is 0.670. The Kier molecular flexibility index (Phi) is 6.48. The number of piperazine rings is 1. The summed E-state index contributed by atoms with van der Waals surface area (Å²) in [5.41, 5.74) is 5.55. The Hall–Kier alpha value is -4.34. The van der Waals surface area contributed by atoms with Crippen molar-refractivity contribution in [1.29, 1.82) is 0 Å². The van der Waals surface area contributed by atoms with Crippen molar-refractivity contribution in [1.82, 2.24) is 25.2 Å². The molecule has 4 saturated heterocycles. The number of ether oxygens (including phenoxy) is 1. The van der Waals surface area contributed by atoms with Gasteiger partial charge < -0.3 is 25.8 Å². The second-order valence-corrected chi connectivity index (χ2v) is 12.8. The second kappa shape index (κ2) is 10.4. The number of alkyl halides is 1. The zero-order valence-corrected chi connectivity index (χ0v) is 24.5. The topological polar surface area (TPSA) is 113 Å². The van der Waals surface area contributed by atoms with E-state index in [0.717, 1.165) is 32.2 Å². The number of rotatable bonds is 5. The molecule has 4 fully saturated rings. The molecule has 2 bridgehead atoms. The van der Waals surface area contributed by atoms with Gasteiger partial charge in [-0.25, -0.2) is 18.2 Å². The van der Waals surface area contributed by atoms with E-state index in [2.05, 4.69) is 26.1 Å². The zero-order chi connectivity index (χ0) is 31.0. The first-order valence-corrected chi connectivity index (χ1v) is 15.3. The first-order chi connectivity index (χ1) is 21.7. The zero-order valence-electron chi connectivity index (χ0n) is 24.5. The maximum atomic E-state index is 16.8. The lowest BCUT2D eigenvalue weighted by Gasteiger charge is -2.34. The first kappa shape index (κ1) is 28.2. The van der Waals surface area contributed by atoms with E-state index in [1.807, 2.05) is 4.90 Å². The van der Waals surface area contributed by atoms with E-state index in [4.69, 9.17) is 21.9 Å². The molecule has 2 unspecified atom stereocenters. The summed E-state index contributed by atoms with van der Waals surface area (Å²) in [4.78, 5) is 17.6. The van der Waals surface area contributed by atoms with Gasteiger partial charge in [0.05, 0.1) is 11.1 Å². The number of fused-ring (bicyclic) bond motifs is 5. The number of hydrogen-bond donors (Lipinski definition) is 3. The highest BCUT2D eigenvalue weighted by Crippen LogP contribution is 2.43. The molecule has 0 spiro atoms. The van der Waals surface area contributed by atoms with Crippen molar-refractivity contribution >= 4 is 33.2 Å². The Labute approximate surface area is 257 Å². The van der Waals surface area contributed by atoms with Crippen molar-refractivity contribution in [2.24, 2.45) is 0 Å². The second-order valence-electron chi connectivity index (χ2n) is 12.8. The number of pyridine rings is 1. The predicted octanol–water partition coefficient (Wildman–Crippen LogP) is 4.29. The molecule has 0 aliphatic carbocycles. The number of aromatic hydroxyl groups is 1. The number of halogens is 3. The van der Waals surface area contributed by atoms with E-state index < -0.39 is 29.2 Å². The molecule has 4 aliphatic rings. The molecule has 12 heteroatoms. The summed E-state index contributed by atoms with van der Waals surface area (Å²) in [5, 5.41) is 15.8. The molecule has 232 valence electrons. The minimum Gasteiger partial charge on any atom is -0.493 e. The van der Waals surface area contributed by atoms with Gasteiger partial charge in [0.2, 0.25) is 5.88 Å². The Morgan fingerprint density at radius 3 is 2.69 bits per heavy atom. The summed E-state index contributed by atoms with van der Waals surface area (Å²) in [6.07, 6.45) is 8.82. The normalized spacial score (nSPS) is 26.1. The molecule has 4 aliphatic heterocycles. The number of benzene rings is 2. The Morgan fingerprint density at radius 1 is 1.11 bits per heavy atom. The molecular formula is C33H32F3N7O2. The van der Waals surface area contributed by atoms with Gasteiger partial charge >= 0.3 is 6.01 Å². The van der Waals surface area contributed by atoms with Crippen molar-refractivity contribution in [3.05, 3.63) is 41.5 Å². The SMILES string of the molecule is C#Cc1c(F)ccc2cc(N)cc(-c3nc(O)c4c(N5CC6CCC(C5)N6)nc(OC[C@@]56CCCN5C[C@H](F)C6)nc4c3F)c12. The van der Waals surface area contributed by atoms with Crippen LogP contribution in [0.4, 0.5) is 24.7 Å². The van der Waals surface area contributed by atoms with Crippen LogP contribution in [0.1, 0.15) is 37.7 Å². The van der Waals surface area contributed by atoms with Gasteiger partial charge in [-0.1, -0.05) is 12.0 Å². The van der Waals surface area contributed by atoms with Crippen LogP contribution >= 0.6 is 0 Å². The van der Waals surface area contributed by atoms with Crippen molar-refractivity contribution in [2.75, 3.05) is 43.4 Å². The number of nitrogen functional groups attached to an aromatic ring is 1. The lowest BCUT2D eigenvalue weighted by atomic mass is 9.95. The van der Waals surface area contributed by atoms with Gasteiger partial charge in [0, 0.05) is 54.8 Å². The van der Waals surface area contributed by atoms with Gasteiger partial charge in [-0.3, -0.25) is 4.90 Å². The minimum atomic E-state index is -0.938. The van der Waals surface area contributed by atoms with Crippen LogP contribution in [-0.4, -0.2) is 81.5 Å². The molecule has 8 rings (SSSR count).